The molecule has 0 radical (unpaired) electrons. The number of benzene rings is 2. The van der Waals surface area contributed by atoms with E-state index in [-0.39, 0.29) is 17.5 Å². The van der Waals surface area contributed by atoms with Gasteiger partial charge in [-0.2, -0.15) is 26.3 Å². The molecular formula is C19H14Cl2F6N2O2. The van der Waals surface area contributed by atoms with Crippen LogP contribution in [0.5, 0.6) is 0 Å². The first-order valence-electron chi connectivity index (χ1n) is 8.48. The van der Waals surface area contributed by atoms with Crippen LogP contribution in [0.25, 0.3) is 0 Å². The SMILES string of the molecule is NC(=O)[C@@H](Cc1ccc(Cl)cc1Cl)NC(=O)Cc1cc(C(F)(F)F)cc(C(F)(F)F)c1. The van der Waals surface area contributed by atoms with Crippen LogP contribution in [-0.2, 0) is 34.8 Å². The number of halogens is 8. The molecule has 0 saturated carbocycles. The van der Waals surface area contributed by atoms with Gasteiger partial charge in [0.05, 0.1) is 17.5 Å². The molecule has 0 spiro atoms. The number of rotatable bonds is 6. The first kappa shape index (κ1) is 24.8. The van der Waals surface area contributed by atoms with Gasteiger partial charge in [-0.05, 0) is 41.5 Å². The highest BCUT2D eigenvalue weighted by atomic mass is 35.5. The van der Waals surface area contributed by atoms with Crippen molar-refractivity contribution in [3.8, 4) is 0 Å². The van der Waals surface area contributed by atoms with Crippen molar-refractivity contribution in [3.05, 3.63) is 68.7 Å². The summed E-state index contributed by atoms with van der Waals surface area (Å²) in [5.74, 6) is -1.97. The Morgan fingerprint density at radius 3 is 1.94 bits per heavy atom. The average Bonchev–Trinajstić information content (AvgIpc) is 2.61. The average molecular weight is 487 g/mol. The highest BCUT2D eigenvalue weighted by Gasteiger charge is 2.37. The molecule has 0 fully saturated rings. The van der Waals surface area contributed by atoms with Crippen LogP contribution >= 0.6 is 23.2 Å². The zero-order valence-electron chi connectivity index (χ0n) is 15.4. The maximum Gasteiger partial charge on any atom is 0.416 e. The molecule has 0 unspecified atom stereocenters. The molecule has 2 aromatic carbocycles. The smallest absolute Gasteiger partial charge is 0.368 e. The van der Waals surface area contributed by atoms with E-state index in [2.05, 4.69) is 5.32 Å². The van der Waals surface area contributed by atoms with Crippen LogP contribution in [0.1, 0.15) is 22.3 Å². The Balaban J connectivity index is 2.23. The molecule has 12 heteroatoms. The summed E-state index contributed by atoms with van der Waals surface area (Å²) in [4.78, 5) is 23.9. The molecule has 0 aliphatic carbocycles. The summed E-state index contributed by atoms with van der Waals surface area (Å²) in [7, 11) is 0. The highest BCUT2D eigenvalue weighted by molar-refractivity contribution is 6.35. The molecule has 0 aromatic heterocycles. The molecule has 1 atom stereocenters. The van der Waals surface area contributed by atoms with E-state index >= 15 is 0 Å². The van der Waals surface area contributed by atoms with Gasteiger partial charge < -0.3 is 11.1 Å². The fourth-order valence-corrected chi connectivity index (χ4v) is 3.17. The van der Waals surface area contributed by atoms with Crippen molar-refractivity contribution < 1.29 is 35.9 Å². The van der Waals surface area contributed by atoms with E-state index < -0.39 is 53.3 Å². The molecule has 168 valence electrons. The van der Waals surface area contributed by atoms with E-state index in [1.807, 2.05) is 0 Å². The zero-order valence-corrected chi connectivity index (χ0v) is 16.9. The standard InChI is InChI=1S/C19H14Cl2F6N2O2/c20-13-2-1-10(14(21)8-13)6-15(17(28)31)29-16(30)5-9-3-11(18(22,23)24)7-12(4-9)19(25,26)27/h1-4,7-8,15H,5-6H2,(H2,28,31)(H,29,30)/t15-/m1/s1. The number of carbonyl (C=O) groups excluding carboxylic acids is 2. The van der Waals surface area contributed by atoms with Crippen molar-refractivity contribution >= 4 is 35.0 Å². The second kappa shape index (κ2) is 9.35. The van der Waals surface area contributed by atoms with E-state index in [4.69, 9.17) is 28.9 Å². The molecule has 3 N–H and O–H groups in total. The van der Waals surface area contributed by atoms with Gasteiger partial charge in [0, 0.05) is 16.5 Å². The van der Waals surface area contributed by atoms with E-state index in [0.29, 0.717) is 22.7 Å². The maximum absolute atomic E-state index is 12.9. The summed E-state index contributed by atoms with van der Waals surface area (Å²) in [5.41, 5.74) is 2.01. The summed E-state index contributed by atoms with van der Waals surface area (Å²) >= 11 is 11.8. The predicted octanol–water partition coefficient (Wildman–Crippen LogP) is 4.79. The van der Waals surface area contributed by atoms with E-state index in [1.165, 1.54) is 18.2 Å². The topological polar surface area (TPSA) is 72.2 Å². The molecule has 0 saturated heterocycles. The van der Waals surface area contributed by atoms with E-state index in [9.17, 15) is 35.9 Å². The van der Waals surface area contributed by atoms with E-state index in [1.54, 1.807) is 0 Å². The largest absolute Gasteiger partial charge is 0.416 e. The Kier molecular flexibility index (Phi) is 7.48. The van der Waals surface area contributed by atoms with Crippen molar-refractivity contribution in [2.75, 3.05) is 0 Å². The Labute approximate surface area is 182 Å². The minimum Gasteiger partial charge on any atom is -0.368 e. The van der Waals surface area contributed by atoms with Gasteiger partial charge in [0.15, 0.2) is 0 Å². The van der Waals surface area contributed by atoms with Crippen LogP contribution in [0.2, 0.25) is 10.0 Å². The van der Waals surface area contributed by atoms with E-state index in [0.717, 1.165) is 0 Å². The molecule has 4 nitrogen and oxygen atoms in total. The van der Waals surface area contributed by atoms with Gasteiger partial charge in [-0.15, -0.1) is 0 Å². The first-order valence-corrected chi connectivity index (χ1v) is 9.23. The Bertz CT molecular complexity index is 960. The molecule has 31 heavy (non-hydrogen) atoms. The summed E-state index contributed by atoms with van der Waals surface area (Å²) in [6.45, 7) is 0. The lowest BCUT2D eigenvalue weighted by Crippen LogP contribution is -2.46. The van der Waals surface area contributed by atoms with Gasteiger partial charge in [0.2, 0.25) is 11.8 Å². The Morgan fingerprint density at radius 1 is 0.935 bits per heavy atom. The van der Waals surface area contributed by atoms with Gasteiger partial charge in [-0.3, -0.25) is 9.59 Å². The fourth-order valence-electron chi connectivity index (χ4n) is 2.68. The number of amides is 2. The lowest BCUT2D eigenvalue weighted by Gasteiger charge is -2.18. The van der Waals surface area contributed by atoms with Gasteiger partial charge in [0.1, 0.15) is 6.04 Å². The van der Waals surface area contributed by atoms with Gasteiger partial charge in [0.25, 0.3) is 0 Å². The molecule has 2 rings (SSSR count). The van der Waals surface area contributed by atoms with Gasteiger partial charge in [-0.1, -0.05) is 29.3 Å². The third kappa shape index (κ3) is 7.03. The van der Waals surface area contributed by atoms with Gasteiger partial charge >= 0.3 is 12.4 Å². The number of primary amides is 1. The minimum absolute atomic E-state index is 0.0455. The number of hydrogen-bond donors (Lipinski definition) is 2. The quantitative estimate of drug-likeness (QED) is 0.576. The number of nitrogens with two attached hydrogens (primary N) is 1. The summed E-state index contributed by atoms with van der Waals surface area (Å²) in [6, 6.07) is 3.86. The molecule has 2 amide bonds. The third-order valence-corrected chi connectivity index (χ3v) is 4.72. The molecular weight excluding hydrogens is 473 g/mol. The van der Waals surface area contributed by atoms with Crippen molar-refractivity contribution in [2.24, 2.45) is 5.73 Å². The van der Waals surface area contributed by atoms with Crippen LogP contribution in [0.3, 0.4) is 0 Å². The van der Waals surface area contributed by atoms with Gasteiger partial charge in [-0.25, -0.2) is 0 Å². The van der Waals surface area contributed by atoms with Crippen molar-refractivity contribution in [1.82, 2.24) is 5.32 Å². The molecule has 0 aliphatic heterocycles. The van der Waals surface area contributed by atoms with Crippen LogP contribution in [0.4, 0.5) is 26.3 Å². The van der Waals surface area contributed by atoms with Crippen LogP contribution in [0, 0.1) is 0 Å². The van der Waals surface area contributed by atoms with Crippen LogP contribution in [-0.4, -0.2) is 17.9 Å². The molecule has 0 heterocycles. The summed E-state index contributed by atoms with van der Waals surface area (Å²) in [6.07, 6.45) is -11.1. The van der Waals surface area contributed by atoms with Crippen molar-refractivity contribution in [1.29, 1.82) is 0 Å². The van der Waals surface area contributed by atoms with Crippen LogP contribution in [0.15, 0.2) is 36.4 Å². The number of carbonyl (C=O) groups is 2. The Hall–Kier alpha value is -2.46. The second-order valence-corrected chi connectivity index (χ2v) is 7.40. The minimum atomic E-state index is -5.05. The van der Waals surface area contributed by atoms with Crippen molar-refractivity contribution in [2.45, 2.75) is 31.2 Å². The number of nitrogens with one attached hydrogen (secondary N) is 1. The summed E-state index contributed by atoms with van der Waals surface area (Å²) < 4.78 is 77.7. The lowest BCUT2D eigenvalue weighted by molar-refractivity contribution is -0.143. The Morgan fingerprint density at radius 2 is 1.48 bits per heavy atom. The lowest BCUT2D eigenvalue weighted by atomic mass is 10.0. The molecule has 2 aromatic rings. The summed E-state index contributed by atoms with van der Waals surface area (Å²) in [5, 5.41) is 2.70. The highest BCUT2D eigenvalue weighted by Crippen LogP contribution is 2.36. The monoisotopic (exact) mass is 486 g/mol. The van der Waals surface area contributed by atoms with Crippen LogP contribution < -0.4 is 11.1 Å². The first-order chi connectivity index (χ1) is 14.2. The normalized spacial score (nSPS) is 13.0. The fraction of sp³-hybridized carbons (Fsp3) is 0.263. The molecule has 0 aliphatic rings. The third-order valence-electron chi connectivity index (χ3n) is 4.13. The van der Waals surface area contributed by atoms with Crippen molar-refractivity contribution in [3.63, 3.8) is 0 Å². The second-order valence-electron chi connectivity index (χ2n) is 6.55. The number of alkyl halides is 6. The number of hydrogen-bond acceptors (Lipinski definition) is 2. The molecule has 0 bridgehead atoms. The predicted molar refractivity (Wildman–Crippen MR) is 101 cm³/mol. The zero-order chi connectivity index (χ0) is 23.6. The maximum atomic E-state index is 12.9.